The third-order valence-electron chi connectivity index (χ3n) is 0.458. The zero-order valence-corrected chi connectivity index (χ0v) is 5.76. The molecule has 0 atom stereocenters. The predicted octanol–water partition coefficient (Wildman–Crippen LogP) is 1.52. The van der Waals surface area contributed by atoms with Crippen LogP contribution in [0.2, 0.25) is 0 Å². The average Bonchev–Trinajstić information content (AvgIpc) is 1.80. The van der Waals surface area contributed by atoms with E-state index >= 15 is 0 Å². The number of hydrogen-bond acceptors (Lipinski definition) is 3. The van der Waals surface area contributed by atoms with Crippen molar-refractivity contribution in [3.8, 4) is 0 Å². The summed E-state index contributed by atoms with van der Waals surface area (Å²) in [5, 5.41) is 3.51. The third kappa shape index (κ3) is 7.17. The third-order valence-corrected chi connectivity index (χ3v) is 0.458. The summed E-state index contributed by atoms with van der Waals surface area (Å²) in [6.45, 7) is 7.42. The molecule has 0 aliphatic rings. The summed E-state index contributed by atoms with van der Waals surface area (Å²) in [7, 11) is 0. The number of nitrogens with zero attached hydrogens (tertiary/aromatic N) is 1. The highest BCUT2D eigenvalue weighted by atomic mass is 17.3. The van der Waals surface area contributed by atoms with E-state index < -0.39 is 0 Å². The molecule has 52 valence electrons. The Balaban J connectivity index is 3.09. The van der Waals surface area contributed by atoms with Gasteiger partial charge in [0.15, 0.2) is 0 Å². The molecule has 0 aliphatic heterocycles. The Morgan fingerprint density at radius 1 is 1.67 bits per heavy atom. The molecule has 0 heterocycles. The van der Waals surface area contributed by atoms with Crippen LogP contribution in [0.25, 0.3) is 0 Å². The van der Waals surface area contributed by atoms with Crippen LogP contribution in [0, 0.1) is 0 Å². The monoisotopic (exact) mass is 129 g/mol. The fourth-order valence-electron chi connectivity index (χ4n) is 0.179. The van der Waals surface area contributed by atoms with E-state index in [1.807, 2.05) is 13.8 Å². The molecule has 3 nitrogen and oxygen atoms in total. The molecule has 0 spiro atoms. The first-order valence-corrected chi connectivity index (χ1v) is 2.68. The Bertz CT molecular complexity index is 106. The van der Waals surface area contributed by atoms with Gasteiger partial charge in [-0.3, -0.25) is 0 Å². The van der Waals surface area contributed by atoms with Gasteiger partial charge in [-0.2, -0.15) is 4.89 Å². The van der Waals surface area contributed by atoms with E-state index in [9.17, 15) is 0 Å². The molecule has 0 aromatic heterocycles. The number of oxime groups is 1. The summed E-state index contributed by atoms with van der Waals surface area (Å²) in [4.78, 5) is 8.84. The summed E-state index contributed by atoms with van der Waals surface area (Å²) in [6.07, 6.45) is 1.58. The highest BCUT2D eigenvalue weighted by molar-refractivity contribution is 5.78. The van der Waals surface area contributed by atoms with Gasteiger partial charge in [-0.25, -0.2) is 4.99 Å². The Morgan fingerprint density at radius 3 is 2.78 bits per heavy atom. The zero-order chi connectivity index (χ0) is 7.11. The van der Waals surface area contributed by atoms with Crippen LogP contribution in [0.1, 0.15) is 13.8 Å². The standard InChI is InChI=1S/C6H11NO2/c1-4-5-8-9-7-6(2)3/h4H,1,5H2,2-3H3. The highest BCUT2D eigenvalue weighted by Crippen LogP contribution is 1.81. The maximum atomic E-state index is 4.49. The van der Waals surface area contributed by atoms with Crippen molar-refractivity contribution >= 4 is 5.71 Å². The van der Waals surface area contributed by atoms with Gasteiger partial charge in [0.1, 0.15) is 6.61 Å². The van der Waals surface area contributed by atoms with Gasteiger partial charge in [-0.05, 0) is 13.8 Å². The minimum absolute atomic E-state index is 0.358. The fraction of sp³-hybridized carbons (Fsp3) is 0.500. The second-order valence-electron chi connectivity index (χ2n) is 1.69. The van der Waals surface area contributed by atoms with Crippen LogP contribution in [0.5, 0.6) is 0 Å². The van der Waals surface area contributed by atoms with E-state index in [1.165, 1.54) is 0 Å². The molecule has 3 heteroatoms. The van der Waals surface area contributed by atoms with Crippen molar-refractivity contribution in [2.45, 2.75) is 13.8 Å². The molecule has 0 aromatic rings. The largest absolute Gasteiger partial charge is 0.220 e. The molecule has 0 amide bonds. The van der Waals surface area contributed by atoms with Crippen LogP contribution in [0.4, 0.5) is 0 Å². The molecule has 9 heavy (non-hydrogen) atoms. The topological polar surface area (TPSA) is 30.8 Å². The van der Waals surface area contributed by atoms with Gasteiger partial charge in [-0.15, -0.1) is 6.58 Å². The molecule has 0 N–H and O–H groups in total. The number of rotatable bonds is 4. The van der Waals surface area contributed by atoms with Gasteiger partial charge in [0.05, 0.1) is 5.71 Å². The summed E-state index contributed by atoms with van der Waals surface area (Å²) in [5.41, 5.74) is 0.819. The van der Waals surface area contributed by atoms with Gasteiger partial charge in [-0.1, -0.05) is 11.2 Å². The molecule has 0 aromatic carbocycles. The SMILES string of the molecule is C=CCOON=C(C)C. The van der Waals surface area contributed by atoms with Gasteiger partial charge in [0.25, 0.3) is 0 Å². The van der Waals surface area contributed by atoms with Crippen LogP contribution < -0.4 is 0 Å². The molecule has 0 fully saturated rings. The maximum Gasteiger partial charge on any atom is 0.114 e. The quantitative estimate of drug-likeness (QED) is 0.189. The van der Waals surface area contributed by atoms with Gasteiger partial charge in [0, 0.05) is 0 Å². The Hall–Kier alpha value is -0.830. The van der Waals surface area contributed by atoms with Crippen molar-refractivity contribution in [1.29, 1.82) is 0 Å². The maximum absolute atomic E-state index is 4.49. The molecular formula is C6H11NO2. The lowest BCUT2D eigenvalue weighted by atomic mass is 10.5. The molecule has 0 rings (SSSR count). The second-order valence-corrected chi connectivity index (χ2v) is 1.69. The molecule has 0 saturated heterocycles. The Kier molecular flexibility index (Phi) is 4.82. The Morgan fingerprint density at radius 2 is 2.33 bits per heavy atom. The first-order chi connectivity index (χ1) is 4.27. The van der Waals surface area contributed by atoms with E-state index in [-0.39, 0.29) is 0 Å². The zero-order valence-electron chi connectivity index (χ0n) is 5.76. The lowest BCUT2D eigenvalue weighted by Gasteiger charge is -1.92. The fourth-order valence-corrected chi connectivity index (χ4v) is 0.179. The van der Waals surface area contributed by atoms with Crippen molar-refractivity contribution in [3.05, 3.63) is 12.7 Å². The van der Waals surface area contributed by atoms with E-state index in [2.05, 4.69) is 21.6 Å². The molecule has 0 unspecified atom stereocenters. The lowest BCUT2D eigenvalue weighted by molar-refractivity contribution is -0.287. The predicted molar refractivity (Wildman–Crippen MR) is 36.0 cm³/mol. The smallest absolute Gasteiger partial charge is 0.114 e. The summed E-state index contributed by atoms with van der Waals surface area (Å²) < 4.78 is 0. The van der Waals surface area contributed by atoms with Crippen LogP contribution in [0.3, 0.4) is 0 Å². The van der Waals surface area contributed by atoms with Crippen molar-refractivity contribution in [3.63, 3.8) is 0 Å². The molecule has 0 aliphatic carbocycles. The van der Waals surface area contributed by atoms with E-state index in [4.69, 9.17) is 0 Å². The van der Waals surface area contributed by atoms with Crippen LogP contribution in [-0.4, -0.2) is 12.3 Å². The van der Waals surface area contributed by atoms with E-state index in [0.717, 1.165) is 5.71 Å². The minimum atomic E-state index is 0.358. The summed E-state index contributed by atoms with van der Waals surface area (Å²) >= 11 is 0. The van der Waals surface area contributed by atoms with Crippen molar-refractivity contribution in [1.82, 2.24) is 0 Å². The minimum Gasteiger partial charge on any atom is -0.220 e. The van der Waals surface area contributed by atoms with Gasteiger partial charge < -0.3 is 0 Å². The summed E-state index contributed by atoms with van der Waals surface area (Å²) in [5.74, 6) is 0. The molecule has 0 saturated carbocycles. The molecular weight excluding hydrogens is 118 g/mol. The first kappa shape index (κ1) is 8.17. The summed E-state index contributed by atoms with van der Waals surface area (Å²) in [6, 6.07) is 0. The number of hydrogen-bond donors (Lipinski definition) is 0. The highest BCUT2D eigenvalue weighted by Gasteiger charge is 1.79. The second kappa shape index (κ2) is 5.31. The van der Waals surface area contributed by atoms with Crippen molar-refractivity contribution in [2.24, 2.45) is 5.16 Å². The van der Waals surface area contributed by atoms with Crippen LogP contribution in [-0.2, 0) is 9.88 Å². The van der Waals surface area contributed by atoms with E-state index in [1.54, 1.807) is 6.08 Å². The molecule has 0 radical (unpaired) electrons. The normalized spacial score (nSPS) is 8.22. The average molecular weight is 129 g/mol. The molecule has 0 bridgehead atoms. The van der Waals surface area contributed by atoms with Crippen LogP contribution in [0.15, 0.2) is 17.8 Å². The Labute approximate surface area is 54.9 Å². The van der Waals surface area contributed by atoms with Gasteiger partial charge in [0.2, 0.25) is 0 Å². The van der Waals surface area contributed by atoms with Gasteiger partial charge >= 0.3 is 0 Å². The first-order valence-electron chi connectivity index (χ1n) is 2.68. The lowest BCUT2D eigenvalue weighted by Crippen LogP contribution is -1.89. The van der Waals surface area contributed by atoms with Crippen molar-refractivity contribution < 1.29 is 9.88 Å². The van der Waals surface area contributed by atoms with Crippen LogP contribution >= 0.6 is 0 Å². The van der Waals surface area contributed by atoms with Crippen molar-refractivity contribution in [2.75, 3.05) is 6.61 Å². The van der Waals surface area contributed by atoms with E-state index in [0.29, 0.717) is 6.61 Å².